The predicted molar refractivity (Wildman–Crippen MR) is 59.8 cm³/mol. The number of hydrogen-bond donors (Lipinski definition) is 0. The van der Waals surface area contributed by atoms with Gasteiger partial charge < -0.3 is 0 Å². The van der Waals surface area contributed by atoms with Gasteiger partial charge in [0.25, 0.3) is 5.69 Å². The topological polar surface area (TPSA) is 61.0 Å². The Bertz CT molecular complexity index is 511. The number of hydrogen-bond acceptors (Lipinski definition) is 3. The molecule has 0 fully saturated rings. The van der Waals surface area contributed by atoms with Gasteiger partial charge in [-0.2, -0.15) is 5.10 Å². The van der Waals surface area contributed by atoms with Crippen molar-refractivity contribution < 1.29 is 4.92 Å². The zero-order valence-electron chi connectivity index (χ0n) is 8.21. The van der Waals surface area contributed by atoms with Gasteiger partial charge in [-0.25, -0.2) is 4.68 Å². The number of nitro benzene ring substituents is 1. The number of nitrogens with zero attached hydrogens (tertiary/aromatic N) is 3. The van der Waals surface area contributed by atoms with E-state index in [-0.39, 0.29) is 11.6 Å². The first-order chi connectivity index (χ1) is 7.72. The number of nitro groups is 1. The van der Waals surface area contributed by atoms with Crippen LogP contribution < -0.4 is 0 Å². The molecule has 0 aliphatic carbocycles. The Balaban J connectivity index is 2.49. The monoisotopic (exact) mass is 237 g/mol. The fourth-order valence-electron chi connectivity index (χ4n) is 1.42. The Labute approximate surface area is 96.4 Å². The minimum atomic E-state index is -0.440. The lowest BCUT2D eigenvalue weighted by Crippen LogP contribution is -1.98. The second-order valence-corrected chi connectivity index (χ2v) is 3.42. The highest BCUT2D eigenvalue weighted by molar-refractivity contribution is 6.17. The van der Waals surface area contributed by atoms with Crippen molar-refractivity contribution in [3.05, 3.63) is 52.3 Å². The second kappa shape index (κ2) is 4.32. The first kappa shape index (κ1) is 10.6. The fraction of sp³-hybridized carbons (Fsp3) is 0.100. The van der Waals surface area contributed by atoms with Crippen LogP contribution in [0, 0.1) is 10.1 Å². The maximum absolute atomic E-state index is 10.7. The van der Waals surface area contributed by atoms with E-state index in [1.807, 2.05) is 0 Å². The highest BCUT2D eigenvalue weighted by atomic mass is 35.5. The fourth-order valence-corrected chi connectivity index (χ4v) is 1.64. The van der Waals surface area contributed by atoms with Crippen molar-refractivity contribution in [2.45, 2.75) is 5.88 Å². The third-order valence-electron chi connectivity index (χ3n) is 2.17. The summed E-state index contributed by atoms with van der Waals surface area (Å²) < 4.78 is 1.62. The average Bonchev–Trinajstić information content (AvgIpc) is 2.81. The van der Waals surface area contributed by atoms with Crippen LogP contribution in [-0.2, 0) is 5.88 Å². The maximum atomic E-state index is 10.7. The van der Waals surface area contributed by atoms with Crippen molar-refractivity contribution in [2.24, 2.45) is 0 Å². The summed E-state index contributed by atoms with van der Waals surface area (Å²) in [6.45, 7) is 0. The van der Waals surface area contributed by atoms with Crippen LogP contribution in [0.2, 0.25) is 0 Å². The van der Waals surface area contributed by atoms with E-state index < -0.39 is 4.92 Å². The Hall–Kier alpha value is -1.88. The molecule has 1 aromatic carbocycles. The molecule has 0 saturated carbocycles. The summed E-state index contributed by atoms with van der Waals surface area (Å²) in [7, 11) is 0. The molecule has 6 heteroatoms. The molecule has 0 N–H and O–H groups in total. The van der Waals surface area contributed by atoms with E-state index in [2.05, 4.69) is 5.10 Å². The zero-order valence-corrected chi connectivity index (χ0v) is 8.96. The lowest BCUT2D eigenvalue weighted by atomic mass is 10.2. The summed E-state index contributed by atoms with van der Waals surface area (Å²) in [5.74, 6) is 0.103. The summed E-state index contributed by atoms with van der Waals surface area (Å²) >= 11 is 5.68. The molecule has 2 aromatic rings. The van der Waals surface area contributed by atoms with Gasteiger partial charge in [-0.3, -0.25) is 10.1 Å². The standard InChI is InChI=1S/C10H8ClN3O2/c11-7-8-6-9(13-5-1-4-12-13)2-3-10(8)14(15)16/h1-6H,7H2. The van der Waals surface area contributed by atoms with Gasteiger partial charge in [-0.15, -0.1) is 11.6 Å². The van der Waals surface area contributed by atoms with E-state index in [9.17, 15) is 10.1 Å². The molecular weight excluding hydrogens is 230 g/mol. The molecule has 1 heterocycles. The highest BCUT2D eigenvalue weighted by Gasteiger charge is 2.13. The normalized spacial score (nSPS) is 10.3. The molecule has 0 bridgehead atoms. The number of aromatic nitrogens is 2. The van der Waals surface area contributed by atoms with Crippen LogP contribution in [0.4, 0.5) is 5.69 Å². The molecule has 0 amide bonds. The van der Waals surface area contributed by atoms with Crippen LogP contribution >= 0.6 is 11.6 Å². The first-order valence-electron chi connectivity index (χ1n) is 4.55. The molecule has 0 unspecified atom stereocenters. The zero-order chi connectivity index (χ0) is 11.5. The Morgan fingerprint density at radius 1 is 1.50 bits per heavy atom. The first-order valence-corrected chi connectivity index (χ1v) is 5.09. The smallest absolute Gasteiger partial charge is 0.258 e. The van der Waals surface area contributed by atoms with Gasteiger partial charge in [0.1, 0.15) is 0 Å². The molecule has 82 valence electrons. The van der Waals surface area contributed by atoms with E-state index >= 15 is 0 Å². The average molecular weight is 238 g/mol. The van der Waals surface area contributed by atoms with Crippen molar-refractivity contribution in [1.29, 1.82) is 0 Å². The van der Waals surface area contributed by atoms with Gasteiger partial charge in [-0.05, 0) is 18.2 Å². The highest BCUT2D eigenvalue weighted by Crippen LogP contribution is 2.23. The van der Waals surface area contributed by atoms with Crippen LogP contribution in [0.25, 0.3) is 5.69 Å². The van der Waals surface area contributed by atoms with Crippen molar-refractivity contribution in [2.75, 3.05) is 0 Å². The summed E-state index contributed by atoms with van der Waals surface area (Å²) in [4.78, 5) is 10.3. The number of halogens is 1. The largest absolute Gasteiger partial charge is 0.273 e. The van der Waals surface area contributed by atoms with E-state index in [1.165, 1.54) is 6.07 Å². The Kier molecular flexibility index (Phi) is 2.87. The molecule has 0 aliphatic heterocycles. The number of rotatable bonds is 3. The SMILES string of the molecule is O=[N+]([O-])c1ccc(-n2cccn2)cc1CCl. The van der Waals surface area contributed by atoms with E-state index in [4.69, 9.17) is 11.6 Å². The van der Waals surface area contributed by atoms with Crippen molar-refractivity contribution in [1.82, 2.24) is 9.78 Å². The van der Waals surface area contributed by atoms with Gasteiger partial charge in [0.15, 0.2) is 0 Å². The van der Waals surface area contributed by atoms with Crippen LogP contribution in [0.3, 0.4) is 0 Å². The van der Waals surface area contributed by atoms with Crippen LogP contribution in [0.15, 0.2) is 36.7 Å². The molecule has 0 atom stereocenters. The third-order valence-corrected chi connectivity index (χ3v) is 2.46. The van der Waals surface area contributed by atoms with Crippen molar-refractivity contribution in [3.8, 4) is 5.69 Å². The lowest BCUT2D eigenvalue weighted by molar-refractivity contribution is -0.385. The summed E-state index contributed by atoms with van der Waals surface area (Å²) in [6.07, 6.45) is 3.40. The molecule has 16 heavy (non-hydrogen) atoms. The van der Waals surface area contributed by atoms with Gasteiger partial charge in [0, 0.05) is 24.0 Å². The molecule has 1 aromatic heterocycles. The molecule has 0 saturated heterocycles. The number of alkyl halides is 1. The van der Waals surface area contributed by atoms with Crippen molar-refractivity contribution in [3.63, 3.8) is 0 Å². The summed E-state index contributed by atoms with van der Waals surface area (Å²) in [5, 5.41) is 14.7. The number of benzene rings is 1. The Morgan fingerprint density at radius 2 is 2.31 bits per heavy atom. The minimum Gasteiger partial charge on any atom is -0.258 e. The maximum Gasteiger partial charge on any atom is 0.273 e. The predicted octanol–water partition coefficient (Wildman–Crippen LogP) is 2.52. The van der Waals surface area contributed by atoms with E-state index in [0.29, 0.717) is 5.56 Å². The van der Waals surface area contributed by atoms with Crippen LogP contribution in [0.1, 0.15) is 5.56 Å². The molecule has 2 rings (SSSR count). The quantitative estimate of drug-likeness (QED) is 0.468. The molecule has 0 spiro atoms. The lowest BCUT2D eigenvalue weighted by Gasteiger charge is -2.04. The van der Waals surface area contributed by atoms with Crippen LogP contribution in [-0.4, -0.2) is 14.7 Å². The molecule has 0 aliphatic rings. The molecular formula is C10H8ClN3O2. The van der Waals surface area contributed by atoms with Gasteiger partial charge in [0.05, 0.1) is 16.5 Å². The summed E-state index contributed by atoms with van der Waals surface area (Å²) in [6, 6.07) is 6.52. The van der Waals surface area contributed by atoms with Gasteiger partial charge >= 0.3 is 0 Å². The van der Waals surface area contributed by atoms with E-state index in [1.54, 1.807) is 35.3 Å². The van der Waals surface area contributed by atoms with Gasteiger partial charge in [-0.1, -0.05) is 0 Å². The summed E-state index contributed by atoms with van der Waals surface area (Å²) in [5.41, 5.74) is 1.27. The second-order valence-electron chi connectivity index (χ2n) is 3.15. The van der Waals surface area contributed by atoms with Crippen LogP contribution in [0.5, 0.6) is 0 Å². The third kappa shape index (κ3) is 1.90. The molecule has 5 nitrogen and oxygen atoms in total. The van der Waals surface area contributed by atoms with Gasteiger partial charge in [0.2, 0.25) is 0 Å². The van der Waals surface area contributed by atoms with Crippen molar-refractivity contribution >= 4 is 17.3 Å². The molecule has 0 radical (unpaired) electrons. The van der Waals surface area contributed by atoms with E-state index in [0.717, 1.165) is 5.69 Å². The minimum absolute atomic E-state index is 0.0332. The Morgan fingerprint density at radius 3 is 2.88 bits per heavy atom.